The number of hydrogen-bond acceptors (Lipinski definition) is 4. The van der Waals surface area contributed by atoms with E-state index in [0.29, 0.717) is 18.7 Å². The van der Waals surface area contributed by atoms with Gasteiger partial charge in [-0.1, -0.05) is 18.2 Å². The van der Waals surface area contributed by atoms with Gasteiger partial charge in [-0.05, 0) is 30.7 Å². The first-order valence-electron chi connectivity index (χ1n) is 7.45. The van der Waals surface area contributed by atoms with Crippen LogP contribution in [0.2, 0.25) is 0 Å². The third kappa shape index (κ3) is 3.39. The summed E-state index contributed by atoms with van der Waals surface area (Å²) in [6.45, 7) is 3.22. The van der Waals surface area contributed by atoms with Gasteiger partial charge in [0.1, 0.15) is 30.3 Å². The number of rotatable bonds is 5. The first kappa shape index (κ1) is 15.2. The first-order chi connectivity index (χ1) is 11.1. The summed E-state index contributed by atoms with van der Waals surface area (Å²) in [6.07, 6.45) is 1.45. The van der Waals surface area contributed by atoms with Crippen LogP contribution in [0.15, 0.2) is 48.8 Å². The van der Waals surface area contributed by atoms with E-state index in [-0.39, 0.29) is 5.82 Å². The molecule has 0 bridgehead atoms. The second kappa shape index (κ2) is 6.60. The molecule has 0 saturated carbocycles. The van der Waals surface area contributed by atoms with Gasteiger partial charge in [0, 0.05) is 18.5 Å². The van der Waals surface area contributed by atoms with E-state index >= 15 is 0 Å². The molecular weight excluding hydrogens is 293 g/mol. The fourth-order valence-corrected chi connectivity index (χ4v) is 2.44. The van der Waals surface area contributed by atoms with Crippen LogP contribution in [0.3, 0.4) is 0 Å². The van der Waals surface area contributed by atoms with Crippen molar-refractivity contribution in [2.24, 2.45) is 0 Å². The summed E-state index contributed by atoms with van der Waals surface area (Å²) in [7, 11) is 1.94. The van der Waals surface area contributed by atoms with E-state index in [9.17, 15) is 4.39 Å². The molecule has 2 aromatic carbocycles. The van der Waals surface area contributed by atoms with Crippen LogP contribution in [0, 0.1) is 12.7 Å². The highest BCUT2D eigenvalue weighted by molar-refractivity contribution is 5.89. The molecule has 0 unspecified atom stereocenters. The maximum absolute atomic E-state index is 13.3. The summed E-state index contributed by atoms with van der Waals surface area (Å²) >= 11 is 0. The van der Waals surface area contributed by atoms with Crippen molar-refractivity contribution in [1.29, 1.82) is 0 Å². The number of halogens is 1. The van der Waals surface area contributed by atoms with E-state index in [4.69, 9.17) is 4.74 Å². The van der Waals surface area contributed by atoms with Crippen LogP contribution in [0.1, 0.15) is 5.56 Å². The summed E-state index contributed by atoms with van der Waals surface area (Å²) in [5.74, 6) is 1.35. The zero-order chi connectivity index (χ0) is 16.2. The Balaban J connectivity index is 1.71. The molecular formula is C18H18FN3O. The molecule has 0 spiro atoms. The van der Waals surface area contributed by atoms with Gasteiger partial charge in [-0.2, -0.15) is 0 Å². The number of likely N-dealkylation sites (N-methyl/N-ethyl adjacent to an activating group) is 1. The molecule has 0 aliphatic carbocycles. The summed E-state index contributed by atoms with van der Waals surface area (Å²) in [5.41, 5.74) is 1.71. The van der Waals surface area contributed by atoms with Gasteiger partial charge in [0.05, 0.1) is 12.1 Å². The molecule has 3 rings (SSSR count). The van der Waals surface area contributed by atoms with E-state index < -0.39 is 0 Å². The number of fused-ring (bicyclic) bond motifs is 1. The molecule has 118 valence electrons. The normalized spacial score (nSPS) is 10.7. The smallest absolute Gasteiger partial charge is 0.139 e. The number of hydrogen-bond donors (Lipinski definition) is 0. The summed E-state index contributed by atoms with van der Waals surface area (Å²) < 4.78 is 19.1. The summed E-state index contributed by atoms with van der Waals surface area (Å²) in [6, 6.07) is 12.5. The number of para-hydroxylation sites is 1. The van der Waals surface area contributed by atoms with Gasteiger partial charge >= 0.3 is 0 Å². The maximum atomic E-state index is 13.3. The van der Waals surface area contributed by atoms with E-state index in [1.807, 2.05) is 43.1 Å². The van der Waals surface area contributed by atoms with E-state index in [2.05, 4.69) is 9.97 Å². The number of ether oxygens (including phenoxy) is 1. The molecule has 0 fully saturated rings. The molecule has 3 aromatic rings. The van der Waals surface area contributed by atoms with Gasteiger partial charge in [0.2, 0.25) is 0 Å². The van der Waals surface area contributed by atoms with E-state index in [1.165, 1.54) is 18.5 Å². The molecule has 0 aliphatic rings. The van der Waals surface area contributed by atoms with Crippen molar-refractivity contribution < 1.29 is 9.13 Å². The largest absolute Gasteiger partial charge is 0.491 e. The molecule has 0 aliphatic heterocycles. The van der Waals surface area contributed by atoms with Gasteiger partial charge in [0.25, 0.3) is 0 Å². The highest BCUT2D eigenvalue weighted by atomic mass is 19.1. The maximum Gasteiger partial charge on any atom is 0.139 e. The molecule has 1 aromatic heterocycles. The van der Waals surface area contributed by atoms with Gasteiger partial charge in [-0.25, -0.2) is 14.4 Å². The minimum Gasteiger partial charge on any atom is -0.491 e. The van der Waals surface area contributed by atoms with Crippen LogP contribution in [0.4, 0.5) is 10.2 Å². The monoisotopic (exact) mass is 311 g/mol. The van der Waals surface area contributed by atoms with Gasteiger partial charge in [-0.3, -0.25) is 0 Å². The zero-order valence-corrected chi connectivity index (χ0v) is 13.2. The highest BCUT2D eigenvalue weighted by Gasteiger charge is 2.09. The zero-order valence-electron chi connectivity index (χ0n) is 13.2. The molecule has 0 saturated heterocycles. The third-order valence-corrected chi connectivity index (χ3v) is 3.72. The van der Waals surface area contributed by atoms with Crippen molar-refractivity contribution in [3.63, 3.8) is 0 Å². The second-order valence-corrected chi connectivity index (χ2v) is 5.39. The first-order valence-corrected chi connectivity index (χ1v) is 7.45. The van der Waals surface area contributed by atoms with E-state index in [1.54, 1.807) is 6.07 Å². The van der Waals surface area contributed by atoms with Gasteiger partial charge < -0.3 is 9.64 Å². The van der Waals surface area contributed by atoms with Gasteiger partial charge in [0.15, 0.2) is 0 Å². The standard InChI is InChI=1S/C18H18FN3O/c1-13-5-3-4-6-17(13)23-10-9-22(2)18-15-8-7-14(19)11-16(15)20-12-21-18/h3-8,11-12H,9-10H2,1-2H3. The van der Waals surface area contributed by atoms with Crippen LogP contribution < -0.4 is 9.64 Å². The molecule has 23 heavy (non-hydrogen) atoms. The topological polar surface area (TPSA) is 38.2 Å². The van der Waals surface area contributed by atoms with Crippen LogP contribution in [-0.2, 0) is 0 Å². The molecule has 1 heterocycles. The van der Waals surface area contributed by atoms with Crippen LogP contribution in [0.25, 0.3) is 10.9 Å². The Kier molecular flexibility index (Phi) is 4.37. The number of anilines is 1. The molecule has 5 heteroatoms. The fraction of sp³-hybridized carbons (Fsp3) is 0.222. The van der Waals surface area contributed by atoms with Crippen molar-refractivity contribution >= 4 is 16.7 Å². The molecule has 0 radical (unpaired) electrons. The Hall–Kier alpha value is -2.69. The van der Waals surface area contributed by atoms with Crippen LogP contribution in [-0.4, -0.2) is 30.2 Å². The second-order valence-electron chi connectivity index (χ2n) is 5.39. The summed E-state index contributed by atoms with van der Waals surface area (Å²) in [4.78, 5) is 10.4. The van der Waals surface area contributed by atoms with E-state index in [0.717, 1.165) is 22.5 Å². The van der Waals surface area contributed by atoms with Crippen molar-refractivity contribution in [3.05, 3.63) is 60.2 Å². The Morgan fingerprint density at radius 1 is 1.13 bits per heavy atom. The molecule has 0 N–H and O–H groups in total. The van der Waals surface area contributed by atoms with Gasteiger partial charge in [-0.15, -0.1) is 0 Å². The van der Waals surface area contributed by atoms with Crippen molar-refractivity contribution in [1.82, 2.24) is 9.97 Å². The van der Waals surface area contributed by atoms with Crippen molar-refractivity contribution in [3.8, 4) is 5.75 Å². The number of nitrogens with zero attached hydrogens (tertiary/aromatic N) is 3. The fourth-order valence-electron chi connectivity index (χ4n) is 2.44. The van der Waals surface area contributed by atoms with Crippen molar-refractivity contribution in [2.75, 3.05) is 25.1 Å². The third-order valence-electron chi connectivity index (χ3n) is 3.72. The number of aryl methyl sites for hydroxylation is 1. The average Bonchev–Trinajstić information content (AvgIpc) is 2.55. The number of aromatic nitrogens is 2. The van der Waals surface area contributed by atoms with Crippen LogP contribution >= 0.6 is 0 Å². The minimum absolute atomic E-state index is 0.298. The lowest BCUT2D eigenvalue weighted by atomic mass is 10.2. The van der Waals surface area contributed by atoms with Crippen molar-refractivity contribution in [2.45, 2.75) is 6.92 Å². The minimum atomic E-state index is -0.298. The van der Waals surface area contributed by atoms with Crippen LogP contribution in [0.5, 0.6) is 5.75 Å². The lowest BCUT2D eigenvalue weighted by Gasteiger charge is -2.20. The Labute approximate surface area is 134 Å². The average molecular weight is 311 g/mol. The molecule has 4 nitrogen and oxygen atoms in total. The predicted molar refractivity (Wildman–Crippen MR) is 89.4 cm³/mol. The molecule has 0 atom stereocenters. The Bertz CT molecular complexity index is 822. The number of benzene rings is 2. The highest BCUT2D eigenvalue weighted by Crippen LogP contribution is 2.22. The Morgan fingerprint density at radius 2 is 1.96 bits per heavy atom. The quantitative estimate of drug-likeness (QED) is 0.722. The summed E-state index contributed by atoms with van der Waals surface area (Å²) in [5, 5.41) is 0.826. The lowest BCUT2D eigenvalue weighted by Crippen LogP contribution is -2.25. The lowest BCUT2D eigenvalue weighted by molar-refractivity contribution is 0.323. The Morgan fingerprint density at radius 3 is 2.78 bits per heavy atom. The molecule has 0 amide bonds. The SMILES string of the molecule is Cc1ccccc1OCCN(C)c1ncnc2cc(F)ccc12. The predicted octanol–water partition coefficient (Wildman–Crippen LogP) is 3.59.